The van der Waals surface area contributed by atoms with Gasteiger partial charge in [0.1, 0.15) is 0 Å². The van der Waals surface area contributed by atoms with E-state index in [1.165, 1.54) is 12.1 Å². The maximum absolute atomic E-state index is 13.0. The Labute approximate surface area is 99.8 Å². The number of alkyl halides is 3. The van der Waals surface area contributed by atoms with Crippen molar-refractivity contribution in [3.8, 4) is 0 Å². The van der Waals surface area contributed by atoms with E-state index in [1.807, 2.05) is 0 Å². The molecule has 0 aliphatic heterocycles. The second-order valence-electron chi connectivity index (χ2n) is 4.71. The molecular formula is C14H16F3. The molecule has 1 aliphatic rings. The zero-order chi connectivity index (χ0) is 12.5. The molecule has 1 saturated carbocycles. The van der Waals surface area contributed by atoms with E-state index in [4.69, 9.17) is 0 Å². The number of hydrogen-bond acceptors (Lipinski definition) is 0. The molecule has 17 heavy (non-hydrogen) atoms. The first-order valence-corrected chi connectivity index (χ1v) is 6.02. The van der Waals surface area contributed by atoms with Crippen LogP contribution in [0.15, 0.2) is 18.2 Å². The van der Waals surface area contributed by atoms with E-state index in [-0.39, 0.29) is 5.92 Å². The van der Waals surface area contributed by atoms with Gasteiger partial charge in [-0.1, -0.05) is 31.4 Å². The highest BCUT2D eigenvalue weighted by Gasteiger charge is 2.35. The molecule has 1 radical (unpaired) electrons. The monoisotopic (exact) mass is 241 g/mol. The lowest BCUT2D eigenvalue weighted by molar-refractivity contribution is -0.138. The van der Waals surface area contributed by atoms with Gasteiger partial charge < -0.3 is 0 Å². The first-order chi connectivity index (χ1) is 8.00. The van der Waals surface area contributed by atoms with Crippen LogP contribution in [0, 0.1) is 6.92 Å². The van der Waals surface area contributed by atoms with E-state index in [2.05, 4.69) is 6.92 Å². The van der Waals surface area contributed by atoms with Gasteiger partial charge in [-0.05, 0) is 42.9 Å². The zero-order valence-corrected chi connectivity index (χ0v) is 9.69. The van der Waals surface area contributed by atoms with Crippen LogP contribution in [0.25, 0.3) is 0 Å². The SMILES string of the molecule is [CH2]c1cccc(C(F)(F)F)c1C1CCCCC1. The van der Waals surface area contributed by atoms with Crippen LogP contribution < -0.4 is 0 Å². The molecule has 0 N–H and O–H groups in total. The quantitative estimate of drug-likeness (QED) is 0.653. The van der Waals surface area contributed by atoms with Gasteiger partial charge in [0.15, 0.2) is 0 Å². The van der Waals surface area contributed by atoms with Crippen molar-refractivity contribution in [3.05, 3.63) is 41.8 Å². The van der Waals surface area contributed by atoms with Crippen LogP contribution in [0.4, 0.5) is 13.2 Å². The van der Waals surface area contributed by atoms with Gasteiger partial charge in [-0.3, -0.25) is 0 Å². The highest BCUT2D eigenvalue weighted by Crippen LogP contribution is 2.41. The Morgan fingerprint density at radius 3 is 2.29 bits per heavy atom. The van der Waals surface area contributed by atoms with Crippen LogP contribution in [0.2, 0.25) is 0 Å². The standard InChI is InChI=1S/C14H16F3/c1-10-6-5-9-12(14(15,16)17)13(10)11-7-3-2-4-8-11/h5-6,9,11H,1-4,7-8H2. The molecule has 0 nitrogen and oxygen atoms in total. The van der Waals surface area contributed by atoms with Crippen LogP contribution in [-0.4, -0.2) is 0 Å². The molecule has 3 heteroatoms. The molecule has 1 fully saturated rings. The van der Waals surface area contributed by atoms with E-state index in [0.717, 1.165) is 32.1 Å². The molecule has 0 spiro atoms. The predicted octanol–water partition coefficient (Wildman–Crippen LogP) is 4.94. The summed E-state index contributed by atoms with van der Waals surface area (Å²) in [7, 11) is 0. The van der Waals surface area contributed by atoms with Crippen molar-refractivity contribution in [3.63, 3.8) is 0 Å². The molecule has 0 heterocycles. The minimum Gasteiger partial charge on any atom is -0.166 e. The first kappa shape index (κ1) is 12.5. The number of rotatable bonds is 1. The maximum Gasteiger partial charge on any atom is 0.416 e. The van der Waals surface area contributed by atoms with Gasteiger partial charge in [0.2, 0.25) is 0 Å². The fourth-order valence-electron chi connectivity index (χ4n) is 2.73. The summed E-state index contributed by atoms with van der Waals surface area (Å²) >= 11 is 0. The topological polar surface area (TPSA) is 0 Å². The van der Waals surface area contributed by atoms with Crippen molar-refractivity contribution in [1.29, 1.82) is 0 Å². The fourth-order valence-corrected chi connectivity index (χ4v) is 2.73. The molecule has 1 aliphatic carbocycles. The molecule has 0 aromatic heterocycles. The van der Waals surface area contributed by atoms with Crippen molar-refractivity contribution in [2.45, 2.75) is 44.2 Å². The summed E-state index contributed by atoms with van der Waals surface area (Å²) in [6.07, 6.45) is 0.634. The Hall–Kier alpha value is -0.990. The molecule has 0 atom stereocenters. The van der Waals surface area contributed by atoms with Gasteiger partial charge in [-0.15, -0.1) is 0 Å². The third-order valence-corrected chi connectivity index (χ3v) is 3.52. The summed E-state index contributed by atoms with van der Waals surface area (Å²) in [4.78, 5) is 0. The van der Waals surface area contributed by atoms with Crippen molar-refractivity contribution in [1.82, 2.24) is 0 Å². The van der Waals surface area contributed by atoms with E-state index < -0.39 is 11.7 Å². The van der Waals surface area contributed by atoms with Crippen LogP contribution >= 0.6 is 0 Å². The lowest BCUT2D eigenvalue weighted by atomic mass is 9.80. The van der Waals surface area contributed by atoms with Gasteiger partial charge >= 0.3 is 6.18 Å². The summed E-state index contributed by atoms with van der Waals surface area (Å²) in [5.74, 6) is 0.0362. The first-order valence-electron chi connectivity index (χ1n) is 6.02. The van der Waals surface area contributed by atoms with Crippen molar-refractivity contribution < 1.29 is 13.2 Å². The highest BCUT2D eigenvalue weighted by molar-refractivity contribution is 5.41. The smallest absolute Gasteiger partial charge is 0.166 e. The minimum absolute atomic E-state index is 0.0362. The predicted molar refractivity (Wildman–Crippen MR) is 61.7 cm³/mol. The van der Waals surface area contributed by atoms with E-state index in [0.29, 0.717) is 11.1 Å². The molecule has 0 saturated heterocycles. The molecule has 1 aromatic carbocycles. The normalized spacial score (nSPS) is 18.4. The van der Waals surface area contributed by atoms with E-state index >= 15 is 0 Å². The number of benzene rings is 1. The lowest BCUT2D eigenvalue weighted by Crippen LogP contribution is -2.15. The molecule has 93 valence electrons. The molecule has 0 unspecified atom stereocenters. The Morgan fingerprint density at radius 2 is 1.71 bits per heavy atom. The molecule has 0 amide bonds. The average molecular weight is 241 g/mol. The van der Waals surface area contributed by atoms with Gasteiger partial charge in [0.05, 0.1) is 5.56 Å². The second-order valence-corrected chi connectivity index (χ2v) is 4.71. The van der Waals surface area contributed by atoms with E-state index in [9.17, 15) is 13.2 Å². The van der Waals surface area contributed by atoms with Crippen LogP contribution in [0.5, 0.6) is 0 Å². The lowest BCUT2D eigenvalue weighted by Gasteiger charge is -2.26. The van der Waals surface area contributed by atoms with Gasteiger partial charge in [-0.2, -0.15) is 13.2 Å². The maximum atomic E-state index is 13.0. The third-order valence-electron chi connectivity index (χ3n) is 3.52. The van der Waals surface area contributed by atoms with Crippen molar-refractivity contribution in [2.75, 3.05) is 0 Å². The van der Waals surface area contributed by atoms with Gasteiger partial charge in [0.25, 0.3) is 0 Å². The Bertz CT molecular complexity index is 387. The number of hydrogen-bond donors (Lipinski definition) is 0. The second kappa shape index (κ2) is 4.71. The summed E-state index contributed by atoms with van der Waals surface area (Å²) in [5, 5.41) is 0. The molecule has 1 aromatic rings. The molecule has 0 bridgehead atoms. The van der Waals surface area contributed by atoms with Crippen LogP contribution in [0.3, 0.4) is 0 Å². The Kier molecular flexibility index (Phi) is 3.45. The minimum atomic E-state index is -4.26. The van der Waals surface area contributed by atoms with Crippen LogP contribution in [-0.2, 0) is 6.18 Å². The zero-order valence-electron chi connectivity index (χ0n) is 9.69. The summed E-state index contributed by atoms with van der Waals surface area (Å²) in [6, 6.07) is 4.30. The van der Waals surface area contributed by atoms with Gasteiger partial charge in [-0.25, -0.2) is 0 Å². The number of halogens is 3. The summed E-state index contributed by atoms with van der Waals surface area (Å²) in [6.45, 7) is 3.77. The summed E-state index contributed by atoms with van der Waals surface area (Å²) in [5.41, 5.74) is 0.475. The largest absolute Gasteiger partial charge is 0.416 e. The van der Waals surface area contributed by atoms with Crippen molar-refractivity contribution in [2.24, 2.45) is 0 Å². The van der Waals surface area contributed by atoms with E-state index in [1.54, 1.807) is 6.07 Å². The third kappa shape index (κ3) is 2.64. The van der Waals surface area contributed by atoms with Crippen LogP contribution in [0.1, 0.15) is 54.7 Å². The fraction of sp³-hybridized carbons (Fsp3) is 0.500. The Balaban J connectivity index is 2.43. The average Bonchev–Trinajstić information content (AvgIpc) is 2.28. The molecular weight excluding hydrogens is 225 g/mol. The molecule has 2 rings (SSSR count). The van der Waals surface area contributed by atoms with Crippen molar-refractivity contribution >= 4 is 0 Å². The summed E-state index contributed by atoms with van der Waals surface area (Å²) < 4.78 is 38.9. The Morgan fingerprint density at radius 1 is 1.06 bits per heavy atom. The van der Waals surface area contributed by atoms with Gasteiger partial charge in [0, 0.05) is 0 Å². The highest BCUT2D eigenvalue weighted by atomic mass is 19.4.